The molecular formula is C4H8N4O4. The molecule has 0 aromatic rings. The molecule has 12 heavy (non-hydrogen) atoms. The summed E-state index contributed by atoms with van der Waals surface area (Å²) in [7, 11) is 1.37. The van der Waals surface area contributed by atoms with E-state index < -0.39 is 17.5 Å². The van der Waals surface area contributed by atoms with Gasteiger partial charge in [0.15, 0.2) is 17.5 Å². The average Bonchev–Trinajstić information content (AvgIpc) is 2.17. The van der Waals surface area contributed by atoms with Crippen LogP contribution >= 0.6 is 0 Å². The van der Waals surface area contributed by atoms with Crippen molar-refractivity contribution in [2.75, 3.05) is 7.05 Å². The van der Waals surface area contributed by atoms with Crippen LogP contribution in [0.2, 0.25) is 0 Å². The molecule has 1 rings (SSSR count). The Bertz CT molecular complexity index is 229. The van der Waals surface area contributed by atoms with Crippen molar-refractivity contribution in [3.63, 3.8) is 0 Å². The van der Waals surface area contributed by atoms with Crippen LogP contribution in [0.25, 0.3) is 0 Å². The first kappa shape index (κ1) is 8.68. The fourth-order valence-corrected chi connectivity index (χ4v) is 0.822. The fourth-order valence-electron chi connectivity index (χ4n) is 0.822. The molecule has 1 fully saturated rings. The van der Waals surface area contributed by atoms with E-state index in [0.717, 1.165) is 4.90 Å². The first-order chi connectivity index (χ1) is 5.52. The van der Waals surface area contributed by atoms with Crippen molar-refractivity contribution in [1.29, 1.82) is 0 Å². The molecule has 0 saturated carbocycles. The van der Waals surface area contributed by atoms with Crippen LogP contribution in [0.5, 0.6) is 0 Å². The largest absolute Gasteiger partial charge is 0.369 e. The molecule has 2 atom stereocenters. The highest BCUT2D eigenvalue weighted by Gasteiger charge is 2.34. The van der Waals surface area contributed by atoms with Crippen molar-refractivity contribution < 1.29 is 15.2 Å². The van der Waals surface area contributed by atoms with Gasteiger partial charge in [0, 0.05) is 7.05 Å². The molecule has 0 amide bonds. The zero-order chi connectivity index (χ0) is 9.30. The molecule has 1 aliphatic heterocycles. The topological polar surface area (TPSA) is 111 Å². The lowest BCUT2D eigenvalue weighted by molar-refractivity contribution is -0.485. The minimum Gasteiger partial charge on any atom is -0.369 e. The van der Waals surface area contributed by atoms with Crippen molar-refractivity contribution in [1.82, 2.24) is 10.2 Å². The number of nitrogens with zero attached hydrogens (tertiary/aromatic N) is 3. The second-order valence-corrected chi connectivity index (χ2v) is 2.28. The number of hydrogen-bond donors (Lipinski definition) is 3. The number of aliphatic hydroxyl groups excluding tert-OH is 2. The zero-order valence-corrected chi connectivity index (χ0v) is 6.21. The highest BCUT2D eigenvalue weighted by atomic mass is 16.7. The fraction of sp³-hybridized carbons (Fsp3) is 0.750. The van der Waals surface area contributed by atoms with Crippen LogP contribution in [-0.4, -0.2) is 45.6 Å². The van der Waals surface area contributed by atoms with Crippen LogP contribution < -0.4 is 5.32 Å². The molecule has 1 heterocycles. The summed E-state index contributed by atoms with van der Waals surface area (Å²) in [5, 5.41) is 32.1. The van der Waals surface area contributed by atoms with Gasteiger partial charge in [-0.15, -0.1) is 0 Å². The number of hydrazone groups is 1. The molecule has 8 heteroatoms. The summed E-state index contributed by atoms with van der Waals surface area (Å²) in [6, 6.07) is 0. The second kappa shape index (κ2) is 2.91. The predicted molar refractivity (Wildman–Crippen MR) is 37.3 cm³/mol. The van der Waals surface area contributed by atoms with Gasteiger partial charge in [-0.1, -0.05) is 0 Å². The van der Waals surface area contributed by atoms with Crippen molar-refractivity contribution in [3.05, 3.63) is 10.1 Å². The standard InChI is InChI=1S/C4H8N4O4/c1-7-3(10)2(9)5-4(7)6-8(11)12/h2-3,9-10H,1H3,(H,5,6). The van der Waals surface area contributed by atoms with E-state index in [-0.39, 0.29) is 5.96 Å². The predicted octanol–water partition coefficient (Wildman–Crippen LogP) is -2.29. The Labute approximate surface area is 67.2 Å². The molecule has 2 unspecified atom stereocenters. The number of hydrogen-bond acceptors (Lipinski definition) is 4. The Morgan fingerprint density at radius 2 is 2.33 bits per heavy atom. The molecule has 0 aromatic carbocycles. The molecule has 8 nitrogen and oxygen atoms in total. The SMILES string of the molecule is CN1C(=N[N+](=O)[O-])NC(O)C1O. The smallest absolute Gasteiger partial charge is 0.275 e. The van der Waals surface area contributed by atoms with E-state index in [0.29, 0.717) is 0 Å². The molecule has 0 aromatic heterocycles. The van der Waals surface area contributed by atoms with Gasteiger partial charge in [0.2, 0.25) is 0 Å². The molecule has 68 valence electrons. The lowest BCUT2D eigenvalue weighted by Gasteiger charge is -2.13. The molecular weight excluding hydrogens is 168 g/mol. The number of rotatable bonds is 1. The van der Waals surface area contributed by atoms with E-state index >= 15 is 0 Å². The third-order valence-corrected chi connectivity index (χ3v) is 1.47. The van der Waals surface area contributed by atoms with Crippen LogP contribution in [0.1, 0.15) is 0 Å². The van der Waals surface area contributed by atoms with Gasteiger partial charge in [-0.25, -0.2) is 10.1 Å². The lowest BCUT2D eigenvalue weighted by Crippen LogP contribution is -2.33. The summed E-state index contributed by atoms with van der Waals surface area (Å²) in [6.45, 7) is 0. The molecule has 1 aliphatic rings. The maximum Gasteiger partial charge on any atom is 0.275 e. The van der Waals surface area contributed by atoms with Crippen molar-refractivity contribution in [3.8, 4) is 0 Å². The van der Waals surface area contributed by atoms with Crippen molar-refractivity contribution in [2.45, 2.75) is 12.5 Å². The summed E-state index contributed by atoms with van der Waals surface area (Å²) in [4.78, 5) is 11.0. The Morgan fingerprint density at radius 3 is 2.67 bits per heavy atom. The molecule has 1 saturated heterocycles. The minimum absolute atomic E-state index is 0.167. The number of nitro groups is 1. The van der Waals surface area contributed by atoms with Gasteiger partial charge in [0.05, 0.1) is 0 Å². The monoisotopic (exact) mass is 176 g/mol. The van der Waals surface area contributed by atoms with Crippen molar-refractivity contribution >= 4 is 5.96 Å². The lowest BCUT2D eigenvalue weighted by atomic mass is 10.5. The van der Waals surface area contributed by atoms with Crippen LogP contribution in [-0.2, 0) is 0 Å². The Kier molecular flexibility index (Phi) is 2.11. The summed E-state index contributed by atoms with van der Waals surface area (Å²) in [5.74, 6) is -0.167. The second-order valence-electron chi connectivity index (χ2n) is 2.28. The van der Waals surface area contributed by atoms with E-state index in [2.05, 4.69) is 10.4 Å². The highest BCUT2D eigenvalue weighted by molar-refractivity contribution is 5.81. The van der Waals surface area contributed by atoms with E-state index in [1.54, 1.807) is 0 Å². The average molecular weight is 176 g/mol. The minimum atomic E-state index is -1.24. The van der Waals surface area contributed by atoms with Crippen LogP contribution in [0, 0.1) is 10.1 Å². The van der Waals surface area contributed by atoms with Gasteiger partial charge in [0.25, 0.3) is 5.96 Å². The summed E-state index contributed by atoms with van der Waals surface area (Å²) >= 11 is 0. The normalized spacial score (nSPS) is 32.2. The van der Waals surface area contributed by atoms with E-state index in [4.69, 9.17) is 10.2 Å². The third-order valence-electron chi connectivity index (χ3n) is 1.47. The number of guanidine groups is 1. The van der Waals surface area contributed by atoms with E-state index in [1.165, 1.54) is 7.05 Å². The van der Waals surface area contributed by atoms with Gasteiger partial charge in [0.1, 0.15) is 5.10 Å². The molecule has 0 aliphatic carbocycles. The summed E-state index contributed by atoms with van der Waals surface area (Å²) < 4.78 is 0. The highest BCUT2D eigenvalue weighted by Crippen LogP contribution is 2.05. The zero-order valence-electron chi connectivity index (χ0n) is 6.21. The van der Waals surface area contributed by atoms with Gasteiger partial charge in [-0.05, 0) is 0 Å². The molecule has 0 radical (unpaired) electrons. The molecule has 0 spiro atoms. The Morgan fingerprint density at radius 1 is 1.75 bits per heavy atom. The summed E-state index contributed by atoms with van der Waals surface area (Å²) in [6.07, 6.45) is -2.45. The number of nitrogens with one attached hydrogen (secondary N) is 1. The Hall–Kier alpha value is -1.41. The van der Waals surface area contributed by atoms with Gasteiger partial charge >= 0.3 is 0 Å². The maximum atomic E-state index is 9.90. The van der Waals surface area contributed by atoms with Crippen LogP contribution in [0.3, 0.4) is 0 Å². The van der Waals surface area contributed by atoms with Crippen molar-refractivity contribution in [2.24, 2.45) is 5.10 Å². The van der Waals surface area contributed by atoms with Gasteiger partial charge < -0.3 is 20.4 Å². The summed E-state index contributed by atoms with van der Waals surface area (Å²) in [5.41, 5.74) is 0. The number of aliphatic hydroxyl groups is 2. The van der Waals surface area contributed by atoms with Gasteiger partial charge in [-0.2, -0.15) is 0 Å². The third kappa shape index (κ3) is 1.43. The van der Waals surface area contributed by atoms with Gasteiger partial charge in [-0.3, -0.25) is 0 Å². The van der Waals surface area contributed by atoms with Crippen LogP contribution in [0.15, 0.2) is 5.10 Å². The van der Waals surface area contributed by atoms with E-state index in [9.17, 15) is 10.1 Å². The first-order valence-electron chi connectivity index (χ1n) is 3.11. The maximum absolute atomic E-state index is 9.90. The van der Waals surface area contributed by atoms with E-state index in [1.807, 2.05) is 0 Å². The van der Waals surface area contributed by atoms with Crippen LogP contribution in [0.4, 0.5) is 0 Å². The molecule has 3 N–H and O–H groups in total. The first-order valence-corrected chi connectivity index (χ1v) is 3.11. The molecule has 0 bridgehead atoms. The quantitative estimate of drug-likeness (QED) is 0.306. The number of likely N-dealkylation sites (N-methyl/N-ethyl adjacent to an activating group) is 1. The Balaban J connectivity index is 2.77.